The highest BCUT2D eigenvalue weighted by Gasteiger charge is 2.71. The molecule has 3 aliphatic heterocycles. The zero-order chi connectivity index (χ0) is 27.7. The number of anilines is 2. The molecule has 38 heavy (non-hydrogen) atoms. The molecule has 3 heterocycles. The van der Waals surface area contributed by atoms with Crippen LogP contribution in [0, 0.1) is 17.3 Å². The van der Waals surface area contributed by atoms with E-state index in [4.69, 9.17) is 46.4 Å². The quantitative estimate of drug-likeness (QED) is 0.430. The van der Waals surface area contributed by atoms with Gasteiger partial charge >= 0.3 is 5.97 Å². The van der Waals surface area contributed by atoms with Gasteiger partial charge in [-0.05, 0) is 55.1 Å². The van der Waals surface area contributed by atoms with Crippen LogP contribution in [0.25, 0.3) is 0 Å². The first kappa shape index (κ1) is 27.5. The molecule has 3 aliphatic rings. The lowest BCUT2D eigenvalue weighted by molar-refractivity contribution is -0.152. The molecule has 1 unspecified atom stereocenters. The van der Waals surface area contributed by atoms with E-state index in [0.717, 1.165) is 0 Å². The van der Waals surface area contributed by atoms with Crippen LogP contribution in [0.5, 0.6) is 0 Å². The van der Waals surface area contributed by atoms with E-state index >= 15 is 0 Å². The largest absolute Gasteiger partial charge is 0.481 e. The summed E-state index contributed by atoms with van der Waals surface area (Å²) < 4.78 is 0. The minimum absolute atomic E-state index is 0.218. The number of fused-ring (bicyclic) bond motifs is 4. The Morgan fingerprint density at radius 1 is 1.08 bits per heavy atom. The first-order valence-electron chi connectivity index (χ1n) is 12.3. The number of nitrogens with zero attached hydrogens (tertiary/aromatic N) is 2. The lowest BCUT2D eigenvalue weighted by Crippen LogP contribution is -2.53. The number of carboxylic acid groups (broad SMARTS) is 1. The third-order valence-corrected chi connectivity index (χ3v) is 8.59. The van der Waals surface area contributed by atoms with Crippen molar-refractivity contribution in [3.05, 3.63) is 56.0 Å². The predicted molar refractivity (Wildman–Crippen MR) is 149 cm³/mol. The topological polar surface area (TPSA) is 90.0 Å². The van der Waals surface area contributed by atoms with E-state index in [0.29, 0.717) is 46.4 Å². The Morgan fingerprint density at radius 3 is 2.32 bits per heavy atom. The first-order chi connectivity index (χ1) is 17.8. The Hall–Kier alpha value is -2.03. The molecular formula is C27H27Cl4N3O4. The lowest BCUT2D eigenvalue weighted by atomic mass is 9.73. The molecule has 0 aromatic heterocycles. The number of hydrogen-bond acceptors (Lipinski definition) is 4. The monoisotopic (exact) mass is 597 g/mol. The van der Waals surface area contributed by atoms with Gasteiger partial charge in [0.25, 0.3) is 5.91 Å². The molecule has 0 aliphatic carbocycles. The number of halogens is 4. The molecule has 1 spiro atoms. The van der Waals surface area contributed by atoms with Crippen molar-refractivity contribution in [1.29, 1.82) is 0 Å². The number of rotatable bonds is 4. The highest BCUT2D eigenvalue weighted by atomic mass is 35.5. The van der Waals surface area contributed by atoms with Crippen molar-refractivity contribution in [1.82, 2.24) is 4.90 Å². The first-order valence-corrected chi connectivity index (χ1v) is 13.8. The predicted octanol–water partition coefficient (Wildman–Crippen LogP) is 6.32. The number of amides is 2. The van der Waals surface area contributed by atoms with Crippen molar-refractivity contribution in [3.63, 3.8) is 0 Å². The number of hydrogen-bond donors (Lipinski definition) is 2. The van der Waals surface area contributed by atoms with Gasteiger partial charge < -0.3 is 15.3 Å². The molecule has 2 aromatic rings. The van der Waals surface area contributed by atoms with Crippen molar-refractivity contribution in [2.75, 3.05) is 23.3 Å². The minimum atomic E-state index is -1.63. The van der Waals surface area contributed by atoms with Crippen molar-refractivity contribution in [3.8, 4) is 0 Å². The fraction of sp³-hybridized carbons (Fsp3) is 0.444. The van der Waals surface area contributed by atoms with Crippen LogP contribution in [0.15, 0.2) is 30.3 Å². The van der Waals surface area contributed by atoms with Crippen LogP contribution < -0.4 is 10.2 Å². The number of carbonyl (C=O) groups excluding carboxylic acids is 2. The number of aliphatic carboxylic acids is 1. The van der Waals surface area contributed by atoms with Gasteiger partial charge in [-0.1, -0.05) is 67.2 Å². The molecule has 0 bridgehead atoms. The molecule has 11 heteroatoms. The summed E-state index contributed by atoms with van der Waals surface area (Å²) in [5.74, 6) is -4.55. The van der Waals surface area contributed by atoms with Crippen LogP contribution in [0.2, 0.25) is 20.1 Å². The Labute approximate surface area is 241 Å². The van der Waals surface area contributed by atoms with Gasteiger partial charge in [-0.15, -0.1) is 0 Å². The van der Waals surface area contributed by atoms with Gasteiger partial charge in [-0.2, -0.15) is 0 Å². The highest BCUT2D eigenvalue weighted by molar-refractivity contribution is 6.38. The maximum absolute atomic E-state index is 14.6. The van der Waals surface area contributed by atoms with E-state index in [9.17, 15) is 19.5 Å². The van der Waals surface area contributed by atoms with Crippen LogP contribution >= 0.6 is 46.4 Å². The molecule has 4 atom stereocenters. The second-order valence-corrected chi connectivity index (χ2v) is 13.1. The van der Waals surface area contributed by atoms with Crippen molar-refractivity contribution < 1.29 is 19.5 Å². The van der Waals surface area contributed by atoms with Gasteiger partial charge in [-0.25, -0.2) is 0 Å². The van der Waals surface area contributed by atoms with Crippen molar-refractivity contribution in [2.45, 2.75) is 45.2 Å². The van der Waals surface area contributed by atoms with E-state index in [1.165, 1.54) is 6.07 Å². The van der Waals surface area contributed by atoms with E-state index in [-0.39, 0.29) is 22.0 Å². The van der Waals surface area contributed by atoms with Gasteiger partial charge in [0.2, 0.25) is 5.91 Å². The van der Waals surface area contributed by atoms with E-state index in [2.05, 4.69) is 5.32 Å². The lowest BCUT2D eigenvalue weighted by Gasteiger charge is -2.36. The normalized spacial score (nSPS) is 26.4. The molecule has 5 rings (SSSR count). The van der Waals surface area contributed by atoms with E-state index in [1.807, 2.05) is 25.7 Å². The average molecular weight is 599 g/mol. The maximum atomic E-state index is 14.6. The summed E-state index contributed by atoms with van der Waals surface area (Å²) in [6, 6.07) is 7.47. The molecule has 2 aromatic carbocycles. The number of carbonyl (C=O) groups is 3. The fourth-order valence-electron chi connectivity index (χ4n) is 6.48. The molecule has 2 fully saturated rings. The van der Waals surface area contributed by atoms with Crippen molar-refractivity contribution >= 4 is 75.6 Å². The van der Waals surface area contributed by atoms with E-state index < -0.39 is 41.2 Å². The van der Waals surface area contributed by atoms with Crippen molar-refractivity contribution in [2.24, 2.45) is 17.3 Å². The van der Waals surface area contributed by atoms with Gasteiger partial charge in [0.1, 0.15) is 11.5 Å². The summed E-state index contributed by atoms with van der Waals surface area (Å²) in [4.78, 5) is 44.9. The van der Waals surface area contributed by atoms with Crippen LogP contribution in [-0.2, 0) is 19.9 Å². The minimum Gasteiger partial charge on any atom is -0.481 e. The Morgan fingerprint density at radius 2 is 1.71 bits per heavy atom. The average Bonchev–Trinajstić information content (AvgIpc) is 3.44. The number of benzene rings is 2. The second kappa shape index (κ2) is 9.56. The van der Waals surface area contributed by atoms with Gasteiger partial charge in [0.15, 0.2) is 0 Å². The zero-order valence-electron chi connectivity index (χ0n) is 21.0. The molecule has 2 N–H and O–H groups in total. The van der Waals surface area contributed by atoms with Gasteiger partial charge in [0, 0.05) is 38.9 Å². The number of carboxylic acids is 1. The molecule has 202 valence electrons. The third-order valence-electron chi connectivity index (χ3n) is 7.64. The zero-order valence-corrected chi connectivity index (χ0v) is 24.0. The van der Waals surface area contributed by atoms with Gasteiger partial charge in [0.05, 0.1) is 16.6 Å². The second-order valence-electron chi connectivity index (χ2n) is 11.4. The van der Waals surface area contributed by atoms with Crippen LogP contribution in [-0.4, -0.2) is 46.9 Å². The summed E-state index contributed by atoms with van der Waals surface area (Å²) in [6.45, 7) is 6.69. The molecule has 2 amide bonds. The standard InChI is InChI=1S/C27H27Cl4N3O4/c1-26(2,3)12-33(16-8-13(28)7-14(29)9-16)23(35)20-19-5-4-6-34(19)27(21(20)24(36)37)17-10-15(30)11-18(31)22(17)32-25(27)38/h7-11,19-21H,4-6,12H2,1-3H3,(H,32,38)(H,36,37)/t19?,20-,21+,27-/m1/s1. The maximum Gasteiger partial charge on any atom is 0.310 e. The van der Waals surface area contributed by atoms with Crippen LogP contribution in [0.1, 0.15) is 39.2 Å². The molecular weight excluding hydrogens is 572 g/mol. The smallest absolute Gasteiger partial charge is 0.310 e. The summed E-state index contributed by atoms with van der Waals surface area (Å²) in [6.07, 6.45) is 1.28. The summed E-state index contributed by atoms with van der Waals surface area (Å²) in [7, 11) is 0. The Balaban J connectivity index is 1.70. The summed E-state index contributed by atoms with van der Waals surface area (Å²) in [5, 5.41) is 14.7. The van der Waals surface area contributed by atoms with E-state index in [1.54, 1.807) is 29.2 Å². The summed E-state index contributed by atoms with van der Waals surface area (Å²) >= 11 is 25.4. The molecule has 2 saturated heterocycles. The molecule has 0 radical (unpaired) electrons. The Kier molecular flexibility index (Phi) is 6.93. The number of nitrogens with one attached hydrogen (secondary N) is 1. The highest BCUT2D eigenvalue weighted by Crippen LogP contribution is 2.59. The van der Waals surface area contributed by atoms with Gasteiger partial charge in [-0.3, -0.25) is 19.3 Å². The fourth-order valence-corrected chi connectivity index (χ4v) is 7.53. The van der Waals surface area contributed by atoms with Crippen LogP contribution in [0.3, 0.4) is 0 Å². The molecule has 0 saturated carbocycles. The summed E-state index contributed by atoms with van der Waals surface area (Å²) in [5.41, 5.74) is -0.773. The molecule has 7 nitrogen and oxygen atoms in total. The Bertz CT molecular complexity index is 1340. The van der Waals surface area contributed by atoms with Crippen LogP contribution in [0.4, 0.5) is 11.4 Å². The SMILES string of the molecule is CC(C)(C)CN(C(=O)[C@@H]1C2CCCN2[C@@]2(C(=O)Nc3c(Cl)cc(Cl)cc32)[C@@H]1C(=O)O)c1cc(Cl)cc(Cl)c1. The third kappa shape index (κ3) is 4.27.